The number of rotatable bonds is 8. The summed E-state index contributed by atoms with van der Waals surface area (Å²) in [7, 11) is 3.22. The summed E-state index contributed by atoms with van der Waals surface area (Å²) in [5.74, 6) is 1.38. The van der Waals surface area contributed by atoms with Crippen LogP contribution < -0.4 is 14.8 Å². The molecule has 7 heteroatoms. The summed E-state index contributed by atoms with van der Waals surface area (Å²) >= 11 is 0. The fourth-order valence-electron chi connectivity index (χ4n) is 3.84. The first kappa shape index (κ1) is 22.1. The van der Waals surface area contributed by atoms with Gasteiger partial charge in [-0.3, -0.25) is 19.6 Å². The van der Waals surface area contributed by atoms with Crippen molar-refractivity contribution in [3.63, 3.8) is 0 Å². The molecule has 0 spiro atoms. The number of benzene rings is 1. The van der Waals surface area contributed by atoms with Gasteiger partial charge in [0.1, 0.15) is 0 Å². The molecule has 1 N–H and O–H groups in total. The van der Waals surface area contributed by atoms with E-state index in [0.29, 0.717) is 24.1 Å². The zero-order valence-electron chi connectivity index (χ0n) is 18.3. The second kappa shape index (κ2) is 10.4. The molecule has 0 aliphatic carbocycles. The zero-order chi connectivity index (χ0) is 21.5. The summed E-state index contributed by atoms with van der Waals surface area (Å²) < 4.78 is 10.6. The molecule has 0 bridgehead atoms. The molecule has 1 amide bonds. The van der Waals surface area contributed by atoms with E-state index in [1.54, 1.807) is 20.4 Å². The maximum atomic E-state index is 12.7. The number of nitrogens with one attached hydrogen (secondary N) is 1. The van der Waals surface area contributed by atoms with Gasteiger partial charge in [0.25, 0.3) is 0 Å². The van der Waals surface area contributed by atoms with Crippen LogP contribution in [0.15, 0.2) is 42.7 Å². The number of methoxy groups -OCH3 is 2. The molecule has 1 aromatic carbocycles. The summed E-state index contributed by atoms with van der Waals surface area (Å²) in [6.45, 7) is 8.26. The molecule has 2 atom stereocenters. The number of carbonyl (C=O) groups excluding carboxylic acids is 1. The van der Waals surface area contributed by atoms with Crippen molar-refractivity contribution in [1.29, 1.82) is 0 Å². The Bertz CT molecular complexity index is 822. The van der Waals surface area contributed by atoms with Crippen LogP contribution in [0, 0.1) is 0 Å². The van der Waals surface area contributed by atoms with Crippen LogP contribution in [0.3, 0.4) is 0 Å². The van der Waals surface area contributed by atoms with Crippen LogP contribution in [0.2, 0.25) is 0 Å². The molecule has 3 rings (SSSR count). The number of nitrogens with zero attached hydrogens (tertiary/aromatic N) is 3. The van der Waals surface area contributed by atoms with Crippen LogP contribution in [0.4, 0.5) is 0 Å². The maximum absolute atomic E-state index is 12.7. The molecule has 2 unspecified atom stereocenters. The molecular weight excluding hydrogens is 380 g/mol. The van der Waals surface area contributed by atoms with Crippen LogP contribution in [-0.2, 0) is 11.3 Å². The average Bonchev–Trinajstić information content (AvgIpc) is 2.82. The maximum Gasteiger partial charge on any atom is 0.237 e. The lowest BCUT2D eigenvalue weighted by Gasteiger charge is -2.40. The van der Waals surface area contributed by atoms with E-state index in [0.717, 1.165) is 31.7 Å². The van der Waals surface area contributed by atoms with Gasteiger partial charge < -0.3 is 14.8 Å². The molecule has 2 heterocycles. The SMILES string of the molecule is COc1ccc(CNC(=O)C(C)N2CCN(C(C)c3cccnc3)CC2)cc1OC. The van der Waals surface area contributed by atoms with Gasteiger partial charge in [-0.05, 0) is 43.2 Å². The lowest BCUT2D eigenvalue weighted by atomic mass is 10.1. The van der Waals surface area contributed by atoms with Gasteiger partial charge in [-0.2, -0.15) is 0 Å². The normalized spacial score (nSPS) is 17.2. The second-order valence-corrected chi connectivity index (χ2v) is 7.62. The number of hydrogen-bond acceptors (Lipinski definition) is 6. The van der Waals surface area contributed by atoms with Gasteiger partial charge in [0.15, 0.2) is 11.5 Å². The molecular formula is C23H32N4O3. The number of carbonyl (C=O) groups is 1. The first-order valence-electron chi connectivity index (χ1n) is 10.4. The van der Waals surface area contributed by atoms with E-state index in [1.165, 1.54) is 5.56 Å². The minimum absolute atomic E-state index is 0.0403. The van der Waals surface area contributed by atoms with Crippen LogP contribution in [0.5, 0.6) is 11.5 Å². The highest BCUT2D eigenvalue weighted by molar-refractivity contribution is 5.81. The number of ether oxygens (including phenoxy) is 2. The molecule has 0 saturated carbocycles. The second-order valence-electron chi connectivity index (χ2n) is 7.62. The van der Waals surface area contributed by atoms with Gasteiger partial charge in [-0.25, -0.2) is 0 Å². The van der Waals surface area contributed by atoms with Gasteiger partial charge >= 0.3 is 0 Å². The van der Waals surface area contributed by atoms with Gasteiger partial charge in [0.05, 0.1) is 20.3 Å². The Labute approximate surface area is 179 Å². The number of hydrogen-bond donors (Lipinski definition) is 1. The standard InChI is InChI=1S/C23H32N4O3/c1-17(20-6-5-9-24-16-20)26-10-12-27(13-11-26)18(2)23(28)25-15-19-7-8-21(29-3)22(14-19)30-4/h5-9,14,16-18H,10-13,15H2,1-4H3,(H,25,28). The predicted octanol–water partition coefficient (Wildman–Crippen LogP) is 2.48. The van der Waals surface area contributed by atoms with Crippen LogP contribution in [0.1, 0.15) is 31.0 Å². The molecule has 1 aliphatic heterocycles. The summed E-state index contributed by atoms with van der Waals surface area (Å²) in [5.41, 5.74) is 2.20. The molecule has 0 radical (unpaired) electrons. The zero-order valence-corrected chi connectivity index (χ0v) is 18.3. The summed E-state index contributed by atoms with van der Waals surface area (Å²) in [6, 6.07) is 9.94. The highest BCUT2D eigenvalue weighted by Gasteiger charge is 2.27. The molecule has 1 aromatic heterocycles. The Hall–Kier alpha value is -2.64. The lowest BCUT2D eigenvalue weighted by Crippen LogP contribution is -2.54. The van der Waals surface area contributed by atoms with Crippen molar-refractivity contribution in [2.45, 2.75) is 32.5 Å². The molecule has 1 aliphatic rings. The fourth-order valence-corrected chi connectivity index (χ4v) is 3.84. The van der Waals surface area contributed by atoms with Gasteiger partial charge in [-0.1, -0.05) is 12.1 Å². The van der Waals surface area contributed by atoms with Gasteiger partial charge in [0.2, 0.25) is 5.91 Å². The number of amides is 1. The summed E-state index contributed by atoms with van der Waals surface area (Å²) in [4.78, 5) is 21.6. The van der Waals surface area contributed by atoms with Crippen molar-refractivity contribution in [3.8, 4) is 11.5 Å². The highest BCUT2D eigenvalue weighted by atomic mass is 16.5. The molecule has 7 nitrogen and oxygen atoms in total. The Morgan fingerprint density at radius 1 is 1.07 bits per heavy atom. The Kier molecular flexibility index (Phi) is 7.65. The number of aromatic nitrogens is 1. The van der Waals surface area contributed by atoms with Crippen molar-refractivity contribution >= 4 is 5.91 Å². The molecule has 1 fully saturated rings. The molecule has 30 heavy (non-hydrogen) atoms. The van der Waals surface area contributed by atoms with Crippen molar-refractivity contribution < 1.29 is 14.3 Å². The van der Waals surface area contributed by atoms with E-state index in [4.69, 9.17) is 9.47 Å². The van der Waals surface area contributed by atoms with Gasteiger partial charge in [-0.15, -0.1) is 0 Å². The Morgan fingerprint density at radius 2 is 1.77 bits per heavy atom. The van der Waals surface area contributed by atoms with Crippen molar-refractivity contribution in [2.24, 2.45) is 0 Å². The lowest BCUT2D eigenvalue weighted by molar-refractivity contribution is -0.126. The van der Waals surface area contributed by atoms with Crippen molar-refractivity contribution in [1.82, 2.24) is 20.1 Å². The molecule has 2 aromatic rings. The number of pyridine rings is 1. The van der Waals surface area contributed by atoms with Crippen molar-refractivity contribution in [2.75, 3.05) is 40.4 Å². The fraction of sp³-hybridized carbons (Fsp3) is 0.478. The van der Waals surface area contributed by atoms with E-state index in [9.17, 15) is 4.79 Å². The topological polar surface area (TPSA) is 66.9 Å². The highest BCUT2D eigenvalue weighted by Crippen LogP contribution is 2.27. The van der Waals surface area contributed by atoms with E-state index in [2.05, 4.69) is 33.1 Å². The third-order valence-corrected chi connectivity index (χ3v) is 5.91. The smallest absolute Gasteiger partial charge is 0.237 e. The van der Waals surface area contributed by atoms with Crippen molar-refractivity contribution in [3.05, 3.63) is 53.9 Å². The van der Waals surface area contributed by atoms with E-state index in [1.807, 2.05) is 37.4 Å². The Balaban J connectivity index is 1.49. The van der Waals surface area contributed by atoms with E-state index >= 15 is 0 Å². The predicted molar refractivity (Wildman–Crippen MR) is 117 cm³/mol. The molecule has 1 saturated heterocycles. The minimum Gasteiger partial charge on any atom is -0.493 e. The number of piperazine rings is 1. The summed E-state index contributed by atoms with van der Waals surface area (Å²) in [6.07, 6.45) is 3.73. The first-order valence-corrected chi connectivity index (χ1v) is 10.4. The Morgan fingerprint density at radius 3 is 2.40 bits per heavy atom. The molecule has 162 valence electrons. The van der Waals surface area contributed by atoms with Gasteiger partial charge in [0, 0.05) is 51.2 Å². The summed E-state index contributed by atoms with van der Waals surface area (Å²) in [5, 5.41) is 3.05. The monoisotopic (exact) mass is 412 g/mol. The van der Waals surface area contributed by atoms with Crippen LogP contribution >= 0.6 is 0 Å². The largest absolute Gasteiger partial charge is 0.493 e. The quantitative estimate of drug-likeness (QED) is 0.719. The average molecular weight is 413 g/mol. The van der Waals surface area contributed by atoms with E-state index in [-0.39, 0.29) is 11.9 Å². The first-order chi connectivity index (χ1) is 14.5. The minimum atomic E-state index is -0.166. The third-order valence-electron chi connectivity index (χ3n) is 5.91. The third kappa shape index (κ3) is 5.29. The van der Waals surface area contributed by atoms with Crippen LogP contribution in [0.25, 0.3) is 0 Å². The van der Waals surface area contributed by atoms with Crippen LogP contribution in [-0.4, -0.2) is 67.1 Å². The van der Waals surface area contributed by atoms with E-state index < -0.39 is 0 Å².